The first-order valence-corrected chi connectivity index (χ1v) is 3.85. The normalized spacial score (nSPS) is 19.2. The zero-order chi connectivity index (χ0) is 5.98. The summed E-state index contributed by atoms with van der Waals surface area (Å²) in [6, 6.07) is 0. The Morgan fingerprint density at radius 3 is 2.75 bits per heavy atom. The Balaban J connectivity index is 2.46. The number of hydrogen-bond donors (Lipinski definition) is 0. The minimum Gasteiger partial charge on any atom is -0.303 e. The Morgan fingerprint density at radius 1 is 1.75 bits per heavy atom. The molecular formula is C5H10N2S. The van der Waals surface area contributed by atoms with Crippen molar-refractivity contribution in [3.63, 3.8) is 0 Å². The molecule has 1 heterocycles. The zero-order valence-corrected chi connectivity index (χ0v) is 6.03. The van der Waals surface area contributed by atoms with E-state index in [4.69, 9.17) is 0 Å². The van der Waals surface area contributed by atoms with E-state index in [0.717, 1.165) is 18.9 Å². The zero-order valence-electron chi connectivity index (χ0n) is 5.22. The molecule has 0 saturated heterocycles. The molecule has 0 saturated carbocycles. The van der Waals surface area contributed by atoms with Crippen LogP contribution in [0.4, 0.5) is 0 Å². The van der Waals surface area contributed by atoms with Crippen molar-refractivity contribution in [2.24, 2.45) is 4.99 Å². The van der Waals surface area contributed by atoms with Gasteiger partial charge in [-0.25, -0.2) is 0 Å². The fourth-order valence-electron chi connectivity index (χ4n) is 0.767. The smallest absolute Gasteiger partial charge is 0.106 e. The third kappa shape index (κ3) is 0.968. The Bertz CT molecular complexity index is 111. The highest BCUT2D eigenvalue weighted by atomic mass is 32.2. The van der Waals surface area contributed by atoms with Gasteiger partial charge in [0.05, 0.1) is 13.1 Å². The molecule has 8 heavy (non-hydrogen) atoms. The molecule has 3 heteroatoms. The third-order valence-electron chi connectivity index (χ3n) is 1.23. The maximum atomic E-state index is 4.21. The van der Waals surface area contributed by atoms with Crippen LogP contribution in [0.5, 0.6) is 0 Å². The van der Waals surface area contributed by atoms with Crippen molar-refractivity contribution < 1.29 is 0 Å². The van der Waals surface area contributed by atoms with E-state index in [2.05, 4.69) is 15.6 Å². The van der Waals surface area contributed by atoms with Crippen molar-refractivity contribution in [3.8, 4) is 0 Å². The molecule has 0 fully saturated rings. The lowest BCUT2D eigenvalue weighted by Crippen LogP contribution is -2.16. The molecule has 0 aromatic rings. The number of aliphatic imine (C=N–C) groups is 1. The van der Waals surface area contributed by atoms with Gasteiger partial charge in [-0.05, 0) is 6.92 Å². The van der Waals surface area contributed by atoms with E-state index in [0.29, 0.717) is 0 Å². The molecule has 0 aliphatic carbocycles. The molecule has 1 aliphatic heterocycles. The van der Waals surface area contributed by atoms with Gasteiger partial charge in [-0.2, -0.15) is 0 Å². The highest BCUT2D eigenvalue weighted by Crippen LogP contribution is 2.10. The molecule has 0 radical (unpaired) electrons. The number of rotatable bonds is 1. The molecule has 0 amide bonds. The SMILES string of the molecule is CSN1CCN=C1C. The largest absolute Gasteiger partial charge is 0.303 e. The maximum absolute atomic E-state index is 4.21. The topological polar surface area (TPSA) is 15.6 Å². The lowest BCUT2D eigenvalue weighted by molar-refractivity contribution is 0.736. The van der Waals surface area contributed by atoms with Crippen LogP contribution in [0.25, 0.3) is 0 Å². The first-order valence-electron chi connectivity index (χ1n) is 2.67. The van der Waals surface area contributed by atoms with E-state index in [9.17, 15) is 0 Å². The fourth-order valence-corrected chi connectivity index (χ4v) is 1.35. The minimum absolute atomic E-state index is 0.979. The van der Waals surface area contributed by atoms with E-state index >= 15 is 0 Å². The van der Waals surface area contributed by atoms with Crippen LogP contribution < -0.4 is 0 Å². The second kappa shape index (κ2) is 2.40. The van der Waals surface area contributed by atoms with E-state index in [-0.39, 0.29) is 0 Å². The molecule has 46 valence electrons. The predicted molar refractivity (Wildman–Crippen MR) is 38.2 cm³/mol. The van der Waals surface area contributed by atoms with Crippen LogP contribution in [-0.4, -0.2) is 29.5 Å². The van der Waals surface area contributed by atoms with Gasteiger partial charge in [0.15, 0.2) is 0 Å². The van der Waals surface area contributed by atoms with Gasteiger partial charge >= 0.3 is 0 Å². The summed E-state index contributed by atoms with van der Waals surface area (Å²) in [5, 5.41) is 0. The predicted octanol–water partition coefficient (Wildman–Crippen LogP) is 0.998. The van der Waals surface area contributed by atoms with E-state index in [1.807, 2.05) is 6.92 Å². The Hall–Kier alpha value is -0.180. The maximum Gasteiger partial charge on any atom is 0.106 e. The second-order valence-corrected chi connectivity index (χ2v) is 2.52. The van der Waals surface area contributed by atoms with Gasteiger partial charge in [0.1, 0.15) is 5.84 Å². The van der Waals surface area contributed by atoms with Gasteiger partial charge in [0, 0.05) is 6.26 Å². The molecule has 0 bridgehead atoms. The van der Waals surface area contributed by atoms with Crippen molar-refractivity contribution in [1.29, 1.82) is 0 Å². The lowest BCUT2D eigenvalue weighted by atomic mass is 10.7. The standard InChI is InChI=1S/C5H10N2S/c1-5-6-3-4-7(5)8-2/h3-4H2,1-2H3. The van der Waals surface area contributed by atoms with Gasteiger partial charge in [-0.15, -0.1) is 0 Å². The van der Waals surface area contributed by atoms with Crippen LogP contribution in [0.2, 0.25) is 0 Å². The molecule has 2 nitrogen and oxygen atoms in total. The fraction of sp³-hybridized carbons (Fsp3) is 0.800. The van der Waals surface area contributed by atoms with Crippen LogP contribution in [0.3, 0.4) is 0 Å². The van der Waals surface area contributed by atoms with Crippen molar-refractivity contribution in [1.82, 2.24) is 4.31 Å². The number of nitrogens with zero attached hydrogens (tertiary/aromatic N) is 2. The summed E-state index contributed by atoms with van der Waals surface area (Å²) in [6.07, 6.45) is 2.07. The average molecular weight is 130 g/mol. The number of hydrogen-bond acceptors (Lipinski definition) is 3. The van der Waals surface area contributed by atoms with Crippen molar-refractivity contribution >= 4 is 17.8 Å². The summed E-state index contributed by atoms with van der Waals surface area (Å²) in [6.45, 7) is 4.11. The molecule has 0 spiro atoms. The van der Waals surface area contributed by atoms with Gasteiger partial charge in [-0.3, -0.25) is 4.99 Å². The van der Waals surface area contributed by atoms with Crippen molar-refractivity contribution in [3.05, 3.63) is 0 Å². The highest BCUT2D eigenvalue weighted by molar-refractivity contribution is 7.96. The van der Waals surface area contributed by atoms with Gasteiger partial charge < -0.3 is 4.31 Å². The van der Waals surface area contributed by atoms with Gasteiger partial charge in [0.25, 0.3) is 0 Å². The quantitative estimate of drug-likeness (QED) is 0.492. The molecular weight excluding hydrogens is 120 g/mol. The van der Waals surface area contributed by atoms with Crippen LogP contribution in [0, 0.1) is 0 Å². The Labute approximate surface area is 54.1 Å². The summed E-state index contributed by atoms with van der Waals surface area (Å²) in [5.41, 5.74) is 0. The Morgan fingerprint density at radius 2 is 2.50 bits per heavy atom. The van der Waals surface area contributed by atoms with Crippen LogP contribution in [0.15, 0.2) is 4.99 Å². The molecule has 1 rings (SSSR count). The second-order valence-electron chi connectivity index (χ2n) is 1.71. The van der Waals surface area contributed by atoms with Gasteiger partial charge in [0.2, 0.25) is 0 Å². The number of amidine groups is 1. The molecule has 0 aromatic heterocycles. The van der Waals surface area contributed by atoms with Crippen LogP contribution in [0.1, 0.15) is 6.92 Å². The van der Waals surface area contributed by atoms with Crippen molar-refractivity contribution in [2.75, 3.05) is 19.3 Å². The van der Waals surface area contributed by atoms with E-state index in [1.165, 1.54) is 0 Å². The highest BCUT2D eigenvalue weighted by Gasteiger charge is 2.09. The molecule has 0 atom stereocenters. The summed E-state index contributed by atoms with van der Waals surface area (Å²) in [7, 11) is 0. The van der Waals surface area contributed by atoms with E-state index < -0.39 is 0 Å². The summed E-state index contributed by atoms with van der Waals surface area (Å²) in [4.78, 5) is 4.21. The minimum atomic E-state index is 0.979. The van der Waals surface area contributed by atoms with Crippen LogP contribution >= 0.6 is 11.9 Å². The van der Waals surface area contributed by atoms with Crippen LogP contribution in [-0.2, 0) is 0 Å². The Kier molecular flexibility index (Phi) is 1.78. The monoisotopic (exact) mass is 130 g/mol. The first-order chi connectivity index (χ1) is 3.84. The van der Waals surface area contributed by atoms with Crippen molar-refractivity contribution in [2.45, 2.75) is 6.92 Å². The molecule has 1 aliphatic rings. The third-order valence-corrected chi connectivity index (χ3v) is 2.11. The van der Waals surface area contributed by atoms with Gasteiger partial charge in [-0.1, -0.05) is 11.9 Å². The van der Waals surface area contributed by atoms with E-state index in [1.54, 1.807) is 11.9 Å². The molecule has 0 N–H and O–H groups in total. The summed E-state index contributed by atoms with van der Waals surface area (Å²) >= 11 is 1.74. The lowest BCUT2D eigenvalue weighted by Gasteiger charge is -2.11. The molecule has 0 aromatic carbocycles. The molecule has 0 unspecified atom stereocenters. The average Bonchev–Trinajstić information content (AvgIpc) is 2.14. The summed E-state index contributed by atoms with van der Waals surface area (Å²) < 4.78 is 2.19. The first kappa shape index (κ1) is 5.95. The summed E-state index contributed by atoms with van der Waals surface area (Å²) in [5.74, 6) is 1.16.